The molecule has 1 amide bonds. The van der Waals surface area contributed by atoms with Crippen molar-refractivity contribution < 1.29 is 14.3 Å². The summed E-state index contributed by atoms with van der Waals surface area (Å²) in [6.45, 7) is 3.29. The normalized spacial score (nSPS) is 14.4. The van der Waals surface area contributed by atoms with Crippen molar-refractivity contribution in [2.45, 2.75) is 32.6 Å². The molecular formula is C25H26N2O3. The molecule has 0 N–H and O–H groups in total. The Morgan fingerprint density at radius 1 is 0.967 bits per heavy atom. The van der Waals surface area contributed by atoms with Gasteiger partial charge in [-0.25, -0.2) is 9.78 Å². The monoisotopic (exact) mass is 402 g/mol. The number of carbonyl (C=O) groups excluding carboxylic acids is 2. The third-order valence-corrected chi connectivity index (χ3v) is 5.57. The summed E-state index contributed by atoms with van der Waals surface area (Å²) in [5.74, 6) is -0.618. The number of aromatic nitrogens is 1. The fourth-order valence-corrected chi connectivity index (χ4v) is 3.83. The second kappa shape index (κ2) is 9.08. The molecule has 0 bridgehead atoms. The van der Waals surface area contributed by atoms with E-state index < -0.39 is 5.97 Å². The van der Waals surface area contributed by atoms with Crippen molar-refractivity contribution >= 4 is 22.8 Å². The second-order valence-corrected chi connectivity index (χ2v) is 7.81. The molecule has 2 heterocycles. The summed E-state index contributed by atoms with van der Waals surface area (Å²) in [7, 11) is 0. The number of likely N-dealkylation sites (tertiary alicyclic amines) is 1. The highest BCUT2D eigenvalue weighted by atomic mass is 16.5. The van der Waals surface area contributed by atoms with Gasteiger partial charge in [-0.15, -0.1) is 0 Å². The fraction of sp³-hybridized carbons (Fsp3) is 0.320. The lowest BCUT2D eigenvalue weighted by atomic mass is 10.0. The van der Waals surface area contributed by atoms with Crippen LogP contribution in [0.2, 0.25) is 0 Å². The first-order valence-electron chi connectivity index (χ1n) is 10.5. The van der Waals surface area contributed by atoms with Crippen LogP contribution >= 0.6 is 0 Å². The number of nitrogens with zero attached hydrogens (tertiary/aromatic N) is 2. The molecule has 0 spiro atoms. The van der Waals surface area contributed by atoms with E-state index in [1.165, 1.54) is 0 Å². The second-order valence-electron chi connectivity index (χ2n) is 7.81. The summed E-state index contributed by atoms with van der Waals surface area (Å²) in [6, 6.07) is 17.3. The SMILES string of the molecule is Cc1ccc(-c2cc(C(=O)OCC(=O)N3CCCCCC3)c3ccccc3n2)cc1. The van der Waals surface area contributed by atoms with E-state index in [0.29, 0.717) is 11.3 Å². The van der Waals surface area contributed by atoms with Gasteiger partial charge < -0.3 is 9.64 Å². The maximum atomic E-state index is 12.9. The van der Waals surface area contributed by atoms with Crippen LogP contribution in [0.3, 0.4) is 0 Å². The molecule has 1 aliphatic heterocycles. The molecule has 5 nitrogen and oxygen atoms in total. The standard InChI is InChI=1S/C25H26N2O3/c1-18-10-12-19(13-11-18)23-16-21(20-8-4-5-9-22(20)26-23)25(29)30-17-24(28)27-14-6-2-3-7-15-27/h4-5,8-13,16H,2-3,6-7,14-15,17H2,1H3. The van der Waals surface area contributed by atoms with Crippen LogP contribution in [0.5, 0.6) is 0 Å². The van der Waals surface area contributed by atoms with Gasteiger partial charge in [-0.2, -0.15) is 0 Å². The minimum absolute atomic E-state index is 0.123. The number of aryl methyl sites for hydroxylation is 1. The molecule has 1 aromatic heterocycles. The van der Waals surface area contributed by atoms with Crippen LogP contribution in [-0.2, 0) is 9.53 Å². The Hall–Kier alpha value is -3.21. The largest absolute Gasteiger partial charge is 0.452 e. The Bertz CT molecular complexity index is 1050. The summed E-state index contributed by atoms with van der Waals surface area (Å²) in [5, 5.41) is 0.723. The predicted octanol–water partition coefficient (Wildman–Crippen LogP) is 4.77. The average molecular weight is 402 g/mol. The Balaban J connectivity index is 1.58. The van der Waals surface area contributed by atoms with Crippen molar-refractivity contribution in [3.63, 3.8) is 0 Å². The van der Waals surface area contributed by atoms with Gasteiger partial charge in [0.2, 0.25) is 0 Å². The minimum atomic E-state index is -0.495. The van der Waals surface area contributed by atoms with Gasteiger partial charge in [-0.1, -0.05) is 60.9 Å². The number of hydrogen-bond acceptors (Lipinski definition) is 4. The number of benzene rings is 2. The van der Waals surface area contributed by atoms with Crippen molar-refractivity contribution in [1.82, 2.24) is 9.88 Å². The van der Waals surface area contributed by atoms with Crippen LogP contribution in [-0.4, -0.2) is 41.5 Å². The highest BCUT2D eigenvalue weighted by molar-refractivity contribution is 6.05. The molecular weight excluding hydrogens is 376 g/mol. The molecule has 30 heavy (non-hydrogen) atoms. The molecule has 0 unspecified atom stereocenters. The van der Waals surface area contributed by atoms with E-state index in [4.69, 9.17) is 9.72 Å². The van der Waals surface area contributed by atoms with Gasteiger partial charge in [0.15, 0.2) is 6.61 Å². The molecule has 4 rings (SSSR count). The Morgan fingerprint density at radius 3 is 2.40 bits per heavy atom. The number of pyridine rings is 1. The first-order valence-corrected chi connectivity index (χ1v) is 10.5. The van der Waals surface area contributed by atoms with E-state index >= 15 is 0 Å². The molecule has 5 heteroatoms. The molecule has 3 aromatic rings. The lowest BCUT2D eigenvalue weighted by molar-refractivity contribution is -0.134. The number of ether oxygens (including phenoxy) is 1. The van der Waals surface area contributed by atoms with Gasteiger partial charge in [0, 0.05) is 24.0 Å². The number of hydrogen-bond donors (Lipinski definition) is 0. The van der Waals surface area contributed by atoms with Gasteiger partial charge in [0.1, 0.15) is 0 Å². The van der Waals surface area contributed by atoms with Gasteiger partial charge in [0.05, 0.1) is 16.8 Å². The number of esters is 1. The van der Waals surface area contributed by atoms with Gasteiger partial charge >= 0.3 is 5.97 Å². The first kappa shape index (κ1) is 20.1. The van der Waals surface area contributed by atoms with Crippen molar-refractivity contribution in [1.29, 1.82) is 0 Å². The first-order chi connectivity index (χ1) is 14.6. The maximum absolute atomic E-state index is 12.9. The lowest BCUT2D eigenvalue weighted by Gasteiger charge is -2.20. The predicted molar refractivity (Wildman–Crippen MR) is 117 cm³/mol. The zero-order valence-corrected chi connectivity index (χ0v) is 17.3. The summed E-state index contributed by atoms with van der Waals surface area (Å²) >= 11 is 0. The summed E-state index contributed by atoms with van der Waals surface area (Å²) in [5.41, 5.74) is 3.95. The van der Waals surface area contributed by atoms with E-state index in [-0.39, 0.29) is 12.5 Å². The Kier molecular flexibility index (Phi) is 6.07. The van der Waals surface area contributed by atoms with E-state index in [2.05, 4.69) is 0 Å². The smallest absolute Gasteiger partial charge is 0.339 e. The third kappa shape index (κ3) is 4.51. The molecule has 0 atom stereocenters. The van der Waals surface area contributed by atoms with Crippen LogP contribution in [0, 0.1) is 6.92 Å². The molecule has 1 fully saturated rings. The van der Waals surface area contributed by atoms with Crippen molar-refractivity contribution in [2.75, 3.05) is 19.7 Å². The molecule has 1 saturated heterocycles. The van der Waals surface area contributed by atoms with E-state index in [1.807, 2.05) is 60.4 Å². The molecule has 1 aliphatic rings. The molecule has 2 aromatic carbocycles. The summed E-state index contributed by atoms with van der Waals surface area (Å²) < 4.78 is 5.44. The molecule has 154 valence electrons. The van der Waals surface area contributed by atoms with E-state index in [9.17, 15) is 9.59 Å². The highest BCUT2D eigenvalue weighted by Gasteiger charge is 2.20. The van der Waals surface area contributed by atoms with Crippen LogP contribution in [0.1, 0.15) is 41.6 Å². The zero-order chi connectivity index (χ0) is 20.9. The average Bonchev–Trinajstić information content (AvgIpc) is 3.06. The molecule has 0 saturated carbocycles. The Morgan fingerprint density at radius 2 is 1.67 bits per heavy atom. The van der Waals surface area contributed by atoms with Crippen molar-refractivity contribution in [2.24, 2.45) is 0 Å². The summed E-state index contributed by atoms with van der Waals surface area (Å²) in [6.07, 6.45) is 4.31. The summed E-state index contributed by atoms with van der Waals surface area (Å²) in [4.78, 5) is 32.0. The Labute approximate surface area is 176 Å². The maximum Gasteiger partial charge on any atom is 0.339 e. The van der Waals surface area contributed by atoms with Gasteiger partial charge in [0.25, 0.3) is 5.91 Å². The van der Waals surface area contributed by atoms with Crippen LogP contribution in [0.15, 0.2) is 54.6 Å². The highest BCUT2D eigenvalue weighted by Crippen LogP contribution is 2.26. The molecule has 0 radical (unpaired) electrons. The number of amides is 1. The number of carbonyl (C=O) groups is 2. The van der Waals surface area contributed by atoms with Crippen molar-refractivity contribution in [3.8, 4) is 11.3 Å². The van der Waals surface area contributed by atoms with Crippen LogP contribution < -0.4 is 0 Å². The lowest BCUT2D eigenvalue weighted by Crippen LogP contribution is -2.35. The molecule has 0 aliphatic carbocycles. The van der Waals surface area contributed by atoms with Crippen LogP contribution in [0.25, 0.3) is 22.2 Å². The van der Waals surface area contributed by atoms with Crippen LogP contribution in [0.4, 0.5) is 0 Å². The zero-order valence-electron chi connectivity index (χ0n) is 17.3. The minimum Gasteiger partial charge on any atom is -0.452 e. The number of fused-ring (bicyclic) bond motifs is 1. The van der Waals surface area contributed by atoms with Crippen molar-refractivity contribution in [3.05, 3.63) is 65.7 Å². The third-order valence-electron chi connectivity index (χ3n) is 5.57. The van der Waals surface area contributed by atoms with E-state index in [1.54, 1.807) is 6.07 Å². The van der Waals surface area contributed by atoms with E-state index in [0.717, 1.165) is 60.8 Å². The quantitative estimate of drug-likeness (QED) is 0.590. The van der Waals surface area contributed by atoms with Gasteiger partial charge in [-0.05, 0) is 31.9 Å². The number of rotatable bonds is 4. The van der Waals surface area contributed by atoms with Gasteiger partial charge in [-0.3, -0.25) is 4.79 Å². The fourth-order valence-electron chi connectivity index (χ4n) is 3.83. The topological polar surface area (TPSA) is 59.5 Å². The number of para-hydroxylation sites is 1.